The summed E-state index contributed by atoms with van der Waals surface area (Å²) in [4.78, 5) is 13.6. The van der Waals surface area contributed by atoms with E-state index in [0.29, 0.717) is 22.7 Å². The van der Waals surface area contributed by atoms with Gasteiger partial charge in [0.05, 0.1) is 22.4 Å². The van der Waals surface area contributed by atoms with Gasteiger partial charge in [0.15, 0.2) is 0 Å². The van der Waals surface area contributed by atoms with Gasteiger partial charge in [-0.2, -0.15) is 5.10 Å². The van der Waals surface area contributed by atoms with Gasteiger partial charge < -0.3 is 0 Å². The normalized spacial score (nSPS) is 16.3. The lowest BCUT2D eigenvalue weighted by Gasteiger charge is -2.21. The molecule has 3 aromatic rings. The van der Waals surface area contributed by atoms with Gasteiger partial charge in [0.1, 0.15) is 5.82 Å². The summed E-state index contributed by atoms with van der Waals surface area (Å²) >= 11 is 1.34. The van der Waals surface area contributed by atoms with Crippen LogP contribution in [0.4, 0.5) is 10.1 Å². The summed E-state index contributed by atoms with van der Waals surface area (Å²) in [5, 5.41) is 7.87. The van der Waals surface area contributed by atoms with Crippen molar-refractivity contribution in [3.63, 3.8) is 0 Å². The topological polar surface area (TPSA) is 78.8 Å². The van der Waals surface area contributed by atoms with Crippen LogP contribution < -0.4 is 4.72 Å². The number of hydrogen-bond donors (Lipinski definition) is 1. The molecule has 0 saturated heterocycles. The molecule has 9 heteroatoms. The van der Waals surface area contributed by atoms with Crippen LogP contribution in [0.2, 0.25) is 0 Å². The first-order valence-electron chi connectivity index (χ1n) is 9.67. The predicted molar refractivity (Wildman–Crippen MR) is 120 cm³/mol. The zero-order chi connectivity index (χ0) is 22.0. The minimum Gasteiger partial charge on any atom is -0.284 e. The van der Waals surface area contributed by atoms with Gasteiger partial charge in [-0.15, -0.1) is 11.3 Å². The summed E-state index contributed by atoms with van der Waals surface area (Å²) in [6, 6.07) is 16.1. The third kappa shape index (κ3) is 4.67. The number of carbonyl (C=O) groups is 1. The van der Waals surface area contributed by atoms with E-state index in [9.17, 15) is 17.6 Å². The molecule has 2 aromatic carbocycles. The Bertz CT molecular complexity index is 1210. The maximum atomic E-state index is 13.4. The maximum Gasteiger partial charge on any atom is 0.284 e. The smallest absolute Gasteiger partial charge is 0.284 e. The highest BCUT2D eigenvalue weighted by Crippen LogP contribution is 2.34. The summed E-state index contributed by atoms with van der Waals surface area (Å²) in [5.41, 5.74) is 2.74. The second kappa shape index (κ2) is 8.60. The second-order valence-corrected chi connectivity index (χ2v) is 9.99. The van der Waals surface area contributed by atoms with Crippen molar-refractivity contribution in [2.24, 2.45) is 5.10 Å². The minimum absolute atomic E-state index is 0.0133. The van der Waals surface area contributed by atoms with Crippen molar-refractivity contribution in [2.75, 3.05) is 10.5 Å². The Labute approximate surface area is 184 Å². The van der Waals surface area contributed by atoms with E-state index in [1.54, 1.807) is 49.4 Å². The second-order valence-electron chi connectivity index (χ2n) is 7.03. The number of hydrogen-bond acceptors (Lipinski definition) is 5. The number of sulfonamides is 1. The summed E-state index contributed by atoms with van der Waals surface area (Å²) in [7, 11) is -3.36. The SMILES string of the molecule is CCS(=O)(=O)Nc1ccc(C2=NN(C(=O)c3cccs3)C(c3ccc(F)cc3)C2)cc1. The molecule has 0 spiro atoms. The van der Waals surface area contributed by atoms with Crippen LogP contribution in [-0.4, -0.2) is 30.8 Å². The van der Waals surface area contributed by atoms with Gasteiger partial charge in [0, 0.05) is 12.1 Å². The molecule has 1 aliphatic heterocycles. The van der Waals surface area contributed by atoms with E-state index >= 15 is 0 Å². The van der Waals surface area contributed by atoms with Crippen LogP contribution >= 0.6 is 11.3 Å². The van der Waals surface area contributed by atoms with Gasteiger partial charge in [0.2, 0.25) is 10.0 Å². The number of nitrogens with zero attached hydrogens (tertiary/aromatic N) is 2. The van der Waals surface area contributed by atoms with Gasteiger partial charge in [0.25, 0.3) is 5.91 Å². The third-order valence-corrected chi connectivity index (χ3v) is 7.14. The standard InChI is InChI=1S/C22H20FN3O3S2/c1-2-31(28,29)25-18-11-7-15(8-12-18)19-14-20(16-5-9-17(23)10-6-16)26(24-19)22(27)21-4-3-13-30-21/h3-13,20,25H,2,14H2,1H3. The molecule has 0 bridgehead atoms. The Morgan fingerprint density at radius 2 is 1.87 bits per heavy atom. The average molecular weight is 458 g/mol. The van der Waals surface area contributed by atoms with E-state index < -0.39 is 10.0 Å². The van der Waals surface area contributed by atoms with Gasteiger partial charge in [-0.05, 0) is 53.8 Å². The fourth-order valence-electron chi connectivity index (χ4n) is 3.31. The molecule has 0 aliphatic carbocycles. The van der Waals surface area contributed by atoms with Crippen LogP contribution in [0.5, 0.6) is 0 Å². The summed E-state index contributed by atoms with van der Waals surface area (Å²) in [5.74, 6) is -0.573. The van der Waals surface area contributed by atoms with Gasteiger partial charge >= 0.3 is 0 Å². The van der Waals surface area contributed by atoms with E-state index in [1.807, 2.05) is 11.4 Å². The van der Waals surface area contributed by atoms with Crippen LogP contribution in [0.1, 0.15) is 40.2 Å². The Hall–Kier alpha value is -3.04. The van der Waals surface area contributed by atoms with E-state index in [0.717, 1.165) is 11.1 Å². The first-order chi connectivity index (χ1) is 14.9. The maximum absolute atomic E-state index is 13.4. The van der Waals surface area contributed by atoms with Crippen molar-refractivity contribution in [1.29, 1.82) is 0 Å². The molecule has 1 atom stereocenters. The van der Waals surface area contributed by atoms with E-state index in [2.05, 4.69) is 9.82 Å². The Morgan fingerprint density at radius 3 is 2.48 bits per heavy atom. The predicted octanol–water partition coefficient (Wildman–Crippen LogP) is 4.64. The average Bonchev–Trinajstić information content (AvgIpc) is 3.45. The number of halogens is 1. The number of anilines is 1. The summed E-state index contributed by atoms with van der Waals surface area (Å²) < 4.78 is 39.4. The highest BCUT2D eigenvalue weighted by molar-refractivity contribution is 7.92. The summed E-state index contributed by atoms with van der Waals surface area (Å²) in [6.45, 7) is 1.57. The monoisotopic (exact) mass is 457 g/mol. The molecule has 0 saturated carbocycles. The first-order valence-corrected chi connectivity index (χ1v) is 12.2. The highest BCUT2D eigenvalue weighted by Gasteiger charge is 2.34. The van der Waals surface area contributed by atoms with E-state index in [-0.39, 0.29) is 23.5 Å². The van der Waals surface area contributed by atoms with Crippen LogP contribution in [-0.2, 0) is 10.0 Å². The van der Waals surface area contributed by atoms with Crippen molar-refractivity contribution >= 4 is 38.7 Å². The number of nitrogens with one attached hydrogen (secondary N) is 1. The number of hydrazone groups is 1. The summed E-state index contributed by atoms with van der Waals surface area (Å²) in [6.07, 6.45) is 0.461. The fourth-order valence-corrected chi connectivity index (χ4v) is 4.61. The van der Waals surface area contributed by atoms with Gasteiger partial charge in [-0.3, -0.25) is 9.52 Å². The molecule has 1 aromatic heterocycles. The largest absolute Gasteiger partial charge is 0.284 e. The lowest BCUT2D eigenvalue weighted by molar-refractivity contribution is 0.0716. The van der Waals surface area contributed by atoms with Crippen LogP contribution in [0.3, 0.4) is 0 Å². The molecule has 0 radical (unpaired) electrons. The van der Waals surface area contributed by atoms with Crippen molar-refractivity contribution in [3.8, 4) is 0 Å². The molecule has 1 N–H and O–H groups in total. The van der Waals surface area contributed by atoms with Crippen molar-refractivity contribution in [3.05, 3.63) is 87.9 Å². The first kappa shape index (κ1) is 21.2. The molecule has 1 amide bonds. The van der Waals surface area contributed by atoms with Crippen molar-refractivity contribution in [2.45, 2.75) is 19.4 Å². The Morgan fingerprint density at radius 1 is 1.16 bits per heavy atom. The molecular weight excluding hydrogens is 437 g/mol. The fraction of sp³-hybridized carbons (Fsp3) is 0.182. The zero-order valence-electron chi connectivity index (χ0n) is 16.7. The van der Waals surface area contributed by atoms with Crippen LogP contribution in [0.15, 0.2) is 71.1 Å². The van der Waals surface area contributed by atoms with Crippen molar-refractivity contribution < 1.29 is 17.6 Å². The molecule has 31 heavy (non-hydrogen) atoms. The Balaban J connectivity index is 1.64. The van der Waals surface area contributed by atoms with Gasteiger partial charge in [-0.25, -0.2) is 17.8 Å². The number of carbonyl (C=O) groups excluding carboxylic acids is 1. The number of rotatable bonds is 6. The molecule has 6 nitrogen and oxygen atoms in total. The van der Waals surface area contributed by atoms with E-state index in [1.165, 1.54) is 28.5 Å². The number of thiophene rings is 1. The zero-order valence-corrected chi connectivity index (χ0v) is 18.3. The highest BCUT2D eigenvalue weighted by atomic mass is 32.2. The molecule has 4 rings (SSSR count). The van der Waals surface area contributed by atoms with Crippen molar-refractivity contribution in [1.82, 2.24) is 5.01 Å². The number of amides is 1. The van der Waals surface area contributed by atoms with E-state index in [4.69, 9.17) is 0 Å². The minimum atomic E-state index is -3.36. The van der Waals surface area contributed by atoms with Gasteiger partial charge in [-0.1, -0.05) is 30.3 Å². The molecular formula is C22H20FN3O3S2. The molecule has 1 unspecified atom stereocenters. The number of benzene rings is 2. The van der Waals surface area contributed by atoms with Crippen LogP contribution in [0.25, 0.3) is 0 Å². The lowest BCUT2D eigenvalue weighted by Crippen LogP contribution is -2.26. The quantitative estimate of drug-likeness (QED) is 0.586. The Kier molecular flexibility index (Phi) is 5.88. The lowest BCUT2D eigenvalue weighted by atomic mass is 9.98. The molecule has 160 valence electrons. The third-order valence-electron chi connectivity index (χ3n) is 4.98. The molecule has 0 fully saturated rings. The molecule has 1 aliphatic rings. The molecule has 2 heterocycles. The van der Waals surface area contributed by atoms with Crippen LogP contribution in [0, 0.1) is 5.82 Å².